The number of anilines is 1. The fraction of sp³-hybridized carbons (Fsp3) is 0.391. The fourth-order valence-corrected chi connectivity index (χ4v) is 3.89. The molecule has 2 rings (SSSR count). The van der Waals surface area contributed by atoms with Crippen molar-refractivity contribution in [3.8, 4) is 5.75 Å². The van der Waals surface area contributed by atoms with Crippen LogP contribution in [0.5, 0.6) is 5.75 Å². The molecule has 0 aliphatic carbocycles. The number of thioether (sulfide) groups is 1. The highest BCUT2D eigenvalue weighted by molar-refractivity contribution is 7.99. The fourth-order valence-electron chi connectivity index (χ4n) is 3.11. The molecule has 0 saturated heterocycles. The van der Waals surface area contributed by atoms with Gasteiger partial charge in [0, 0.05) is 18.7 Å². The summed E-state index contributed by atoms with van der Waals surface area (Å²) in [5.41, 5.74) is 5.26. The van der Waals surface area contributed by atoms with Gasteiger partial charge in [-0.3, -0.25) is 9.59 Å². The van der Waals surface area contributed by atoms with Crippen LogP contribution in [-0.2, 0) is 16.1 Å². The van der Waals surface area contributed by atoms with E-state index in [1.165, 1.54) is 5.56 Å². The zero-order valence-electron chi connectivity index (χ0n) is 17.6. The van der Waals surface area contributed by atoms with Crippen molar-refractivity contribution in [2.45, 2.75) is 40.2 Å². The Bertz CT molecular complexity index is 829. The highest BCUT2D eigenvalue weighted by Crippen LogP contribution is 2.22. The number of carbonyl (C=O) groups is 2. The lowest BCUT2D eigenvalue weighted by atomic mass is 10.0. The molecule has 0 bridgehead atoms. The molecule has 6 heteroatoms. The molecule has 0 radical (unpaired) electrons. The van der Waals surface area contributed by atoms with E-state index in [2.05, 4.69) is 29.7 Å². The van der Waals surface area contributed by atoms with Crippen LogP contribution in [0.4, 0.5) is 5.69 Å². The molecule has 29 heavy (non-hydrogen) atoms. The molecule has 0 spiro atoms. The van der Waals surface area contributed by atoms with E-state index in [9.17, 15) is 9.59 Å². The first-order chi connectivity index (χ1) is 13.9. The van der Waals surface area contributed by atoms with E-state index in [-0.39, 0.29) is 11.8 Å². The number of rotatable bonds is 10. The minimum Gasteiger partial charge on any atom is -0.497 e. The van der Waals surface area contributed by atoms with E-state index < -0.39 is 0 Å². The summed E-state index contributed by atoms with van der Waals surface area (Å²) in [5, 5.41) is 5.92. The van der Waals surface area contributed by atoms with Crippen LogP contribution in [0.2, 0.25) is 0 Å². The molecular formula is C23H30N2O3S. The SMILES string of the molecule is COc1cccc(CNC(=O)CSCCCC(=O)Nc2c(C)cc(C)cc2C)c1. The summed E-state index contributed by atoms with van der Waals surface area (Å²) in [6, 6.07) is 11.8. The third kappa shape index (κ3) is 7.81. The van der Waals surface area contributed by atoms with Crippen molar-refractivity contribution < 1.29 is 14.3 Å². The highest BCUT2D eigenvalue weighted by Gasteiger charge is 2.09. The van der Waals surface area contributed by atoms with Crippen molar-refractivity contribution in [2.24, 2.45) is 0 Å². The van der Waals surface area contributed by atoms with Crippen molar-refractivity contribution in [3.63, 3.8) is 0 Å². The summed E-state index contributed by atoms with van der Waals surface area (Å²) in [7, 11) is 1.62. The quantitative estimate of drug-likeness (QED) is 0.566. The Kier molecular flexibility index (Phi) is 9.06. The lowest BCUT2D eigenvalue weighted by Crippen LogP contribution is -2.24. The Morgan fingerprint density at radius 1 is 1.03 bits per heavy atom. The van der Waals surface area contributed by atoms with Gasteiger partial charge in [0.25, 0.3) is 0 Å². The van der Waals surface area contributed by atoms with Crippen LogP contribution in [0.25, 0.3) is 0 Å². The summed E-state index contributed by atoms with van der Waals surface area (Å²) in [6.07, 6.45) is 1.19. The van der Waals surface area contributed by atoms with Crippen molar-refractivity contribution in [3.05, 3.63) is 58.7 Å². The zero-order valence-corrected chi connectivity index (χ0v) is 18.4. The maximum Gasteiger partial charge on any atom is 0.230 e. The first kappa shape index (κ1) is 22.8. The minimum atomic E-state index is -0.00632. The molecule has 0 heterocycles. The normalized spacial score (nSPS) is 10.5. The van der Waals surface area contributed by atoms with Gasteiger partial charge in [-0.15, -0.1) is 0 Å². The summed E-state index contributed by atoms with van der Waals surface area (Å²) in [4.78, 5) is 24.2. The second kappa shape index (κ2) is 11.5. The number of hydrogen-bond donors (Lipinski definition) is 2. The van der Waals surface area contributed by atoms with E-state index in [0.29, 0.717) is 18.7 Å². The molecule has 0 saturated carbocycles. The molecule has 0 aliphatic rings. The third-order valence-corrected chi connectivity index (χ3v) is 5.53. The first-order valence-corrected chi connectivity index (χ1v) is 10.9. The number of hydrogen-bond acceptors (Lipinski definition) is 4. The molecule has 0 aliphatic heterocycles. The third-order valence-electron chi connectivity index (χ3n) is 4.49. The smallest absolute Gasteiger partial charge is 0.230 e. The number of nitrogens with one attached hydrogen (secondary N) is 2. The maximum atomic E-state index is 12.2. The lowest BCUT2D eigenvalue weighted by Gasteiger charge is -2.12. The van der Waals surface area contributed by atoms with Gasteiger partial charge >= 0.3 is 0 Å². The molecule has 2 aromatic carbocycles. The molecule has 0 unspecified atom stereocenters. The molecule has 2 aromatic rings. The molecular weight excluding hydrogens is 384 g/mol. The first-order valence-electron chi connectivity index (χ1n) is 9.74. The molecule has 2 N–H and O–H groups in total. The highest BCUT2D eigenvalue weighted by atomic mass is 32.2. The van der Waals surface area contributed by atoms with Gasteiger partial charge < -0.3 is 15.4 Å². The average Bonchev–Trinajstić information content (AvgIpc) is 2.69. The number of ether oxygens (including phenoxy) is 1. The van der Waals surface area contributed by atoms with Crippen LogP contribution in [0.3, 0.4) is 0 Å². The van der Waals surface area contributed by atoms with Gasteiger partial charge in [-0.25, -0.2) is 0 Å². The summed E-state index contributed by atoms with van der Waals surface area (Å²) < 4.78 is 5.18. The van der Waals surface area contributed by atoms with E-state index in [1.54, 1.807) is 18.9 Å². The lowest BCUT2D eigenvalue weighted by molar-refractivity contribution is -0.118. The van der Waals surface area contributed by atoms with Gasteiger partial charge in [0.2, 0.25) is 11.8 Å². The summed E-state index contributed by atoms with van der Waals surface area (Å²) in [6.45, 7) is 6.55. The van der Waals surface area contributed by atoms with Crippen LogP contribution in [0, 0.1) is 20.8 Å². The number of amides is 2. The van der Waals surface area contributed by atoms with Gasteiger partial charge in [0.15, 0.2) is 0 Å². The van der Waals surface area contributed by atoms with Gasteiger partial charge in [0.05, 0.1) is 12.9 Å². The standard InChI is InChI=1S/C23H30N2O3S/c1-16-11-17(2)23(18(3)12-16)25-21(26)9-6-10-29-15-22(27)24-14-19-7-5-8-20(13-19)28-4/h5,7-8,11-13H,6,9-10,14-15H2,1-4H3,(H,24,27)(H,25,26). The van der Waals surface area contributed by atoms with Gasteiger partial charge in [-0.1, -0.05) is 29.8 Å². The molecule has 0 fully saturated rings. The second-order valence-corrected chi connectivity index (χ2v) is 8.21. The molecule has 5 nitrogen and oxygen atoms in total. The van der Waals surface area contributed by atoms with E-state index in [0.717, 1.165) is 40.3 Å². The van der Waals surface area contributed by atoms with Crippen LogP contribution in [0.15, 0.2) is 36.4 Å². The van der Waals surface area contributed by atoms with Crippen LogP contribution in [0.1, 0.15) is 35.1 Å². The largest absolute Gasteiger partial charge is 0.497 e. The topological polar surface area (TPSA) is 67.4 Å². The predicted molar refractivity (Wildman–Crippen MR) is 121 cm³/mol. The second-order valence-electron chi connectivity index (χ2n) is 7.11. The molecule has 156 valence electrons. The predicted octanol–water partition coefficient (Wildman–Crippen LogP) is 4.39. The number of benzene rings is 2. The van der Waals surface area contributed by atoms with Crippen LogP contribution >= 0.6 is 11.8 Å². The zero-order chi connectivity index (χ0) is 21.2. The molecule has 0 atom stereocenters. The van der Waals surface area contributed by atoms with Crippen molar-refractivity contribution in [1.82, 2.24) is 5.32 Å². The maximum absolute atomic E-state index is 12.2. The van der Waals surface area contributed by atoms with Gasteiger partial charge in [0.1, 0.15) is 5.75 Å². The van der Waals surface area contributed by atoms with E-state index >= 15 is 0 Å². The van der Waals surface area contributed by atoms with Crippen LogP contribution < -0.4 is 15.4 Å². The minimum absolute atomic E-state index is 0.00632. The van der Waals surface area contributed by atoms with E-state index in [1.807, 2.05) is 38.1 Å². The van der Waals surface area contributed by atoms with Crippen molar-refractivity contribution in [2.75, 3.05) is 23.9 Å². The van der Waals surface area contributed by atoms with Gasteiger partial charge in [-0.05, 0) is 61.8 Å². The average molecular weight is 415 g/mol. The Balaban J connectivity index is 1.62. The van der Waals surface area contributed by atoms with Gasteiger partial charge in [-0.2, -0.15) is 11.8 Å². The van der Waals surface area contributed by atoms with Crippen molar-refractivity contribution in [1.29, 1.82) is 0 Å². The number of methoxy groups -OCH3 is 1. The monoisotopic (exact) mass is 414 g/mol. The number of aryl methyl sites for hydroxylation is 3. The Morgan fingerprint density at radius 2 is 1.76 bits per heavy atom. The molecule has 2 amide bonds. The summed E-state index contributed by atoms with van der Waals surface area (Å²) in [5.74, 6) is 1.95. The Morgan fingerprint density at radius 3 is 2.45 bits per heavy atom. The molecule has 0 aromatic heterocycles. The Labute approximate surface area is 177 Å². The van der Waals surface area contributed by atoms with Crippen LogP contribution in [-0.4, -0.2) is 30.4 Å². The number of carbonyl (C=O) groups excluding carboxylic acids is 2. The van der Waals surface area contributed by atoms with E-state index in [4.69, 9.17) is 4.74 Å². The van der Waals surface area contributed by atoms with Crippen molar-refractivity contribution >= 4 is 29.3 Å². The Hall–Kier alpha value is -2.47. The summed E-state index contributed by atoms with van der Waals surface area (Å²) >= 11 is 1.54.